The zero-order chi connectivity index (χ0) is 13.7. The van der Waals surface area contributed by atoms with E-state index >= 15 is 0 Å². The summed E-state index contributed by atoms with van der Waals surface area (Å²) in [4.78, 5) is 12.6. The smallest absolute Gasteiger partial charge is 0.248 e. The second kappa shape index (κ2) is 7.90. The van der Waals surface area contributed by atoms with Crippen LogP contribution in [0, 0.1) is 0 Å². The third-order valence-electron chi connectivity index (χ3n) is 3.75. The molecular formula is C13H23ClN4OS. The lowest BCUT2D eigenvalue weighted by Gasteiger charge is -2.36. The second-order valence-corrected chi connectivity index (χ2v) is 6.26. The molecule has 2 heterocycles. The standard InChI is InChI=1S/C13H22N4OS.ClH/c1-11(19-2)10-15-12(18)13(4-7-14-8-5-13)17-9-3-6-16-17;/h3,6,9,11,14H,4-5,7-8,10H2,1-2H3,(H,15,18);1H. The molecule has 1 atom stereocenters. The van der Waals surface area contributed by atoms with Gasteiger partial charge in [-0.25, -0.2) is 0 Å². The van der Waals surface area contributed by atoms with E-state index in [4.69, 9.17) is 0 Å². The zero-order valence-electron chi connectivity index (χ0n) is 12.0. The Balaban J connectivity index is 0.00000200. The Morgan fingerprint density at radius 1 is 1.55 bits per heavy atom. The number of rotatable bonds is 5. The predicted molar refractivity (Wildman–Crippen MR) is 85.5 cm³/mol. The first kappa shape index (κ1) is 17.3. The molecule has 2 rings (SSSR count). The SMILES string of the molecule is CSC(C)CNC(=O)C1(n2cccn2)CCNCC1.Cl. The van der Waals surface area contributed by atoms with E-state index in [1.165, 1.54) is 0 Å². The summed E-state index contributed by atoms with van der Waals surface area (Å²) in [5.41, 5.74) is -0.521. The minimum absolute atomic E-state index is 0. The summed E-state index contributed by atoms with van der Waals surface area (Å²) in [5, 5.41) is 11.1. The number of hydrogen-bond donors (Lipinski definition) is 2. The van der Waals surface area contributed by atoms with Crippen molar-refractivity contribution >= 4 is 30.1 Å². The van der Waals surface area contributed by atoms with Crippen LogP contribution in [0.25, 0.3) is 0 Å². The number of carbonyl (C=O) groups excluding carboxylic acids is 1. The molecular weight excluding hydrogens is 296 g/mol. The van der Waals surface area contributed by atoms with Crippen LogP contribution in [-0.2, 0) is 10.3 Å². The maximum absolute atomic E-state index is 12.6. The van der Waals surface area contributed by atoms with E-state index in [2.05, 4.69) is 28.9 Å². The number of carbonyl (C=O) groups is 1. The van der Waals surface area contributed by atoms with Crippen LogP contribution >= 0.6 is 24.2 Å². The van der Waals surface area contributed by atoms with Crippen molar-refractivity contribution in [3.05, 3.63) is 18.5 Å². The molecule has 1 aromatic heterocycles. The van der Waals surface area contributed by atoms with Crippen LogP contribution in [0.5, 0.6) is 0 Å². The van der Waals surface area contributed by atoms with Gasteiger partial charge in [0, 0.05) is 24.2 Å². The van der Waals surface area contributed by atoms with Crippen molar-refractivity contribution < 1.29 is 4.79 Å². The lowest BCUT2D eigenvalue weighted by atomic mass is 9.87. The van der Waals surface area contributed by atoms with Gasteiger partial charge in [-0.05, 0) is 38.3 Å². The van der Waals surface area contributed by atoms with Gasteiger partial charge in [-0.15, -0.1) is 12.4 Å². The number of aromatic nitrogens is 2. The Bertz CT molecular complexity index is 407. The van der Waals surface area contributed by atoms with E-state index < -0.39 is 5.54 Å². The van der Waals surface area contributed by atoms with Crippen LogP contribution in [0.2, 0.25) is 0 Å². The lowest BCUT2D eigenvalue weighted by molar-refractivity contribution is -0.131. The van der Waals surface area contributed by atoms with Gasteiger partial charge >= 0.3 is 0 Å². The molecule has 7 heteroatoms. The van der Waals surface area contributed by atoms with Gasteiger partial charge < -0.3 is 10.6 Å². The van der Waals surface area contributed by atoms with E-state index in [1.807, 2.05) is 16.9 Å². The lowest BCUT2D eigenvalue weighted by Crippen LogP contribution is -2.55. The highest BCUT2D eigenvalue weighted by Crippen LogP contribution is 2.27. The molecule has 0 bridgehead atoms. The van der Waals surface area contributed by atoms with Crippen LogP contribution in [0.1, 0.15) is 19.8 Å². The molecule has 1 unspecified atom stereocenters. The normalized spacial score (nSPS) is 18.9. The molecule has 1 aromatic rings. The van der Waals surface area contributed by atoms with Crippen molar-refractivity contribution in [3.63, 3.8) is 0 Å². The van der Waals surface area contributed by atoms with Gasteiger partial charge in [0.1, 0.15) is 5.54 Å². The molecule has 2 N–H and O–H groups in total. The molecule has 1 aliphatic heterocycles. The highest BCUT2D eigenvalue weighted by Gasteiger charge is 2.41. The van der Waals surface area contributed by atoms with Gasteiger partial charge in [-0.3, -0.25) is 9.48 Å². The number of nitrogens with one attached hydrogen (secondary N) is 2. The molecule has 0 aliphatic carbocycles. The number of hydrogen-bond acceptors (Lipinski definition) is 4. The van der Waals surface area contributed by atoms with E-state index in [1.54, 1.807) is 18.0 Å². The van der Waals surface area contributed by atoms with Gasteiger partial charge in [0.05, 0.1) is 0 Å². The van der Waals surface area contributed by atoms with Gasteiger partial charge in [0.15, 0.2) is 0 Å². The van der Waals surface area contributed by atoms with Crippen LogP contribution < -0.4 is 10.6 Å². The van der Waals surface area contributed by atoms with E-state index in [0.29, 0.717) is 11.8 Å². The summed E-state index contributed by atoms with van der Waals surface area (Å²) in [6, 6.07) is 1.88. The summed E-state index contributed by atoms with van der Waals surface area (Å²) in [5.74, 6) is 0.0959. The molecule has 5 nitrogen and oxygen atoms in total. The Hall–Kier alpha value is -0.720. The highest BCUT2D eigenvalue weighted by atomic mass is 35.5. The molecule has 1 fully saturated rings. The van der Waals surface area contributed by atoms with Crippen molar-refractivity contribution in [1.82, 2.24) is 20.4 Å². The number of piperidine rings is 1. The van der Waals surface area contributed by atoms with Crippen LogP contribution in [-0.4, -0.2) is 46.8 Å². The summed E-state index contributed by atoms with van der Waals surface area (Å²) in [7, 11) is 0. The maximum atomic E-state index is 12.6. The average molecular weight is 319 g/mol. The van der Waals surface area contributed by atoms with Crippen molar-refractivity contribution in [2.45, 2.75) is 30.6 Å². The molecule has 0 spiro atoms. The van der Waals surface area contributed by atoms with Crippen molar-refractivity contribution in [2.75, 3.05) is 25.9 Å². The Morgan fingerprint density at radius 2 is 2.25 bits per heavy atom. The average Bonchev–Trinajstić information content (AvgIpc) is 2.99. The topological polar surface area (TPSA) is 59.0 Å². The molecule has 0 aromatic carbocycles. The monoisotopic (exact) mass is 318 g/mol. The minimum atomic E-state index is -0.521. The van der Waals surface area contributed by atoms with E-state index in [9.17, 15) is 4.79 Å². The summed E-state index contributed by atoms with van der Waals surface area (Å²) >= 11 is 1.76. The molecule has 1 saturated heterocycles. The number of thioether (sulfide) groups is 1. The molecule has 1 amide bonds. The summed E-state index contributed by atoms with van der Waals surface area (Å²) in [6.45, 7) is 4.53. The quantitative estimate of drug-likeness (QED) is 0.858. The third kappa shape index (κ3) is 3.68. The third-order valence-corrected chi connectivity index (χ3v) is 4.72. The van der Waals surface area contributed by atoms with Gasteiger partial charge in [-0.1, -0.05) is 6.92 Å². The van der Waals surface area contributed by atoms with Crippen molar-refractivity contribution in [3.8, 4) is 0 Å². The Labute approximate surface area is 130 Å². The first-order chi connectivity index (χ1) is 9.19. The zero-order valence-corrected chi connectivity index (χ0v) is 13.6. The number of halogens is 1. The fraction of sp³-hybridized carbons (Fsp3) is 0.692. The van der Waals surface area contributed by atoms with E-state index in [0.717, 1.165) is 25.9 Å². The first-order valence-corrected chi connectivity index (χ1v) is 8.00. The van der Waals surface area contributed by atoms with Gasteiger partial charge in [-0.2, -0.15) is 16.9 Å². The minimum Gasteiger partial charge on any atom is -0.353 e. The second-order valence-electron chi connectivity index (χ2n) is 4.99. The van der Waals surface area contributed by atoms with E-state index in [-0.39, 0.29) is 18.3 Å². The van der Waals surface area contributed by atoms with Gasteiger partial charge in [0.25, 0.3) is 0 Å². The van der Waals surface area contributed by atoms with Crippen LogP contribution in [0.3, 0.4) is 0 Å². The van der Waals surface area contributed by atoms with Crippen LogP contribution in [0.4, 0.5) is 0 Å². The van der Waals surface area contributed by atoms with Crippen molar-refractivity contribution in [1.29, 1.82) is 0 Å². The highest BCUT2D eigenvalue weighted by molar-refractivity contribution is 7.99. The fourth-order valence-electron chi connectivity index (χ4n) is 2.41. The van der Waals surface area contributed by atoms with Crippen LogP contribution in [0.15, 0.2) is 18.5 Å². The number of amides is 1. The van der Waals surface area contributed by atoms with Gasteiger partial charge in [0.2, 0.25) is 5.91 Å². The molecule has 1 aliphatic rings. The largest absolute Gasteiger partial charge is 0.353 e. The maximum Gasteiger partial charge on any atom is 0.248 e. The van der Waals surface area contributed by atoms with Crippen molar-refractivity contribution in [2.24, 2.45) is 0 Å². The first-order valence-electron chi connectivity index (χ1n) is 6.71. The predicted octanol–water partition coefficient (Wildman–Crippen LogP) is 1.25. The molecule has 0 saturated carbocycles. The Morgan fingerprint density at radius 3 is 2.80 bits per heavy atom. The summed E-state index contributed by atoms with van der Waals surface area (Å²) < 4.78 is 1.83. The number of nitrogens with zero attached hydrogens (tertiary/aromatic N) is 2. The Kier molecular flexibility index (Phi) is 6.85. The molecule has 114 valence electrons. The fourth-order valence-corrected chi connectivity index (χ4v) is 2.66. The molecule has 20 heavy (non-hydrogen) atoms. The summed E-state index contributed by atoms with van der Waals surface area (Å²) in [6.07, 6.45) is 7.26. The molecule has 0 radical (unpaired) electrons.